The topological polar surface area (TPSA) is 21.7 Å². The summed E-state index contributed by atoms with van der Waals surface area (Å²) in [6, 6.07) is 5.05. The SMILES string of the molecule is CC(C)C1CCN(Cc2ccc3c(c2)OC(F)(F)O3)CC1. The van der Waals surface area contributed by atoms with Crippen molar-refractivity contribution >= 4 is 0 Å². The number of hydrogen-bond donors (Lipinski definition) is 0. The molecule has 0 saturated carbocycles. The van der Waals surface area contributed by atoms with Crippen LogP contribution < -0.4 is 9.47 Å². The minimum absolute atomic E-state index is 0.113. The smallest absolute Gasteiger partial charge is 0.395 e. The summed E-state index contributed by atoms with van der Waals surface area (Å²) < 4.78 is 34.9. The summed E-state index contributed by atoms with van der Waals surface area (Å²) >= 11 is 0. The second-order valence-corrected chi connectivity index (χ2v) is 6.31. The number of ether oxygens (including phenoxy) is 2. The van der Waals surface area contributed by atoms with Crippen molar-refractivity contribution in [2.24, 2.45) is 11.8 Å². The Hall–Kier alpha value is -1.36. The zero-order valence-electron chi connectivity index (χ0n) is 12.4. The summed E-state index contributed by atoms with van der Waals surface area (Å²) in [5, 5.41) is 0. The fourth-order valence-electron chi connectivity index (χ4n) is 3.13. The van der Waals surface area contributed by atoms with E-state index < -0.39 is 6.29 Å². The van der Waals surface area contributed by atoms with Crippen LogP contribution in [0.1, 0.15) is 32.3 Å². The third-order valence-corrected chi connectivity index (χ3v) is 4.45. The molecule has 1 aromatic rings. The molecular weight excluding hydrogens is 276 g/mol. The molecule has 116 valence electrons. The number of halogens is 2. The highest BCUT2D eigenvalue weighted by Crippen LogP contribution is 2.41. The van der Waals surface area contributed by atoms with E-state index in [0.717, 1.165) is 37.0 Å². The number of benzene rings is 1. The van der Waals surface area contributed by atoms with Gasteiger partial charge in [0.05, 0.1) is 0 Å². The lowest BCUT2D eigenvalue weighted by molar-refractivity contribution is -0.286. The van der Waals surface area contributed by atoms with Gasteiger partial charge in [-0.25, -0.2) is 0 Å². The Balaban J connectivity index is 1.60. The Morgan fingerprint density at radius 2 is 1.86 bits per heavy atom. The Bertz CT molecular complexity index is 511. The van der Waals surface area contributed by atoms with Gasteiger partial charge in [0, 0.05) is 6.54 Å². The van der Waals surface area contributed by atoms with Crippen LogP contribution in [0.15, 0.2) is 18.2 Å². The standard InChI is InChI=1S/C16H21F2NO2/c1-11(2)13-5-7-19(8-6-13)10-12-3-4-14-15(9-12)21-16(17,18)20-14/h3-4,9,11,13H,5-8,10H2,1-2H3. The molecule has 5 heteroatoms. The van der Waals surface area contributed by atoms with Gasteiger partial charge in [-0.05, 0) is 55.5 Å². The molecule has 2 aliphatic heterocycles. The normalized spacial score (nSPS) is 22.0. The average molecular weight is 297 g/mol. The summed E-state index contributed by atoms with van der Waals surface area (Å²) in [6.45, 7) is 7.45. The van der Waals surface area contributed by atoms with Gasteiger partial charge in [-0.15, -0.1) is 8.78 Å². The zero-order chi connectivity index (χ0) is 15.0. The van der Waals surface area contributed by atoms with Crippen LogP contribution in [0.25, 0.3) is 0 Å². The van der Waals surface area contributed by atoms with Gasteiger partial charge in [-0.1, -0.05) is 19.9 Å². The van der Waals surface area contributed by atoms with Gasteiger partial charge in [0.15, 0.2) is 11.5 Å². The highest BCUT2D eigenvalue weighted by atomic mass is 19.3. The molecule has 3 nitrogen and oxygen atoms in total. The van der Waals surface area contributed by atoms with Gasteiger partial charge in [0.1, 0.15) is 0 Å². The maximum atomic E-state index is 13.0. The van der Waals surface area contributed by atoms with Gasteiger partial charge < -0.3 is 9.47 Å². The summed E-state index contributed by atoms with van der Waals surface area (Å²) in [7, 11) is 0. The van der Waals surface area contributed by atoms with Gasteiger partial charge in [0.25, 0.3) is 0 Å². The number of rotatable bonds is 3. The van der Waals surface area contributed by atoms with Crippen molar-refractivity contribution in [3.05, 3.63) is 23.8 Å². The van der Waals surface area contributed by atoms with E-state index in [2.05, 4.69) is 28.2 Å². The number of likely N-dealkylation sites (tertiary alicyclic amines) is 1. The van der Waals surface area contributed by atoms with Crippen molar-refractivity contribution in [2.45, 2.75) is 39.5 Å². The molecular formula is C16H21F2NO2. The first-order valence-corrected chi connectivity index (χ1v) is 7.54. The Kier molecular flexibility index (Phi) is 3.78. The number of hydrogen-bond acceptors (Lipinski definition) is 3. The first-order chi connectivity index (χ1) is 9.93. The fourth-order valence-corrected chi connectivity index (χ4v) is 3.13. The highest BCUT2D eigenvalue weighted by Gasteiger charge is 2.43. The molecule has 1 fully saturated rings. The van der Waals surface area contributed by atoms with Gasteiger partial charge in [0.2, 0.25) is 0 Å². The maximum Gasteiger partial charge on any atom is 0.586 e. The van der Waals surface area contributed by atoms with Crippen molar-refractivity contribution in [3.63, 3.8) is 0 Å². The van der Waals surface area contributed by atoms with Crippen LogP contribution in [-0.2, 0) is 6.54 Å². The molecule has 0 atom stereocenters. The fraction of sp³-hybridized carbons (Fsp3) is 0.625. The molecule has 0 unspecified atom stereocenters. The van der Waals surface area contributed by atoms with Crippen LogP contribution in [0.3, 0.4) is 0 Å². The maximum absolute atomic E-state index is 13.0. The van der Waals surface area contributed by atoms with Crippen LogP contribution in [-0.4, -0.2) is 24.3 Å². The molecule has 0 N–H and O–H groups in total. The second-order valence-electron chi connectivity index (χ2n) is 6.31. The van der Waals surface area contributed by atoms with Crippen LogP contribution in [0, 0.1) is 11.8 Å². The molecule has 0 aliphatic carbocycles. The number of fused-ring (bicyclic) bond motifs is 1. The van der Waals surface area contributed by atoms with Crippen molar-refractivity contribution in [2.75, 3.05) is 13.1 Å². The van der Waals surface area contributed by atoms with Crippen molar-refractivity contribution in [1.82, 2.24) is 4.90 Å². The molecule has 0 spiro atoms. The minimum Gasteiger partial charge on any atom is -0.395 e. The lowest BCUT2D eigenvalue weighted by atomic mass is 9.86. The lowest BCUT2D eigenvalue weighted by Gasteiger charge is -2.33. The molecule has 21 heavy (non-hydrogen) atoms. The van der Waals surface area contributed by atoms with Gasteiger partial charge >= 0.3 is 6.29 Å². The van der Waals surface area contributed by atoms with Crippen LogP contribution >= 0.6 is 0 Å². The Labute approximate surface area is 123 Å². The predicted octanol–water partition coefficient (Wildman–Crippen LogP) is 3.88. The lowest BCUT2D eigenvalue weighted by Crippen LogP contribution is -2.34. The highest BCUT2D eigenvalue weighted by molar-refractivity contribution is 5.45. The molecule has 0 bridgehead atoms. The first-order valence-electron chi connectivity index (χ1n) is 7.54. The van der Waals surface area contributed by atoms with Crippen molar-refractivity contribution < 1.29 is 18.3 Å². The number of alkyl halides is 2. The van der Waals surface area contributed by atoms with Gasteiger partial charge in [-0.2, -0.15) is 0 Å². The minimum atomic E-state index is -3.53. The van der Waals surface area contributed by atoms with E-state index in [4.69, 9.17) is 0 Å². The van der Waals surface area contributed by atoms with E-state index in [1.54, 1.807) is 12.1 Å². The molecule has 3 rings (SSSR count). The molecule has 0 radical (unpaired) electrons. The molecule has 2 heterocycles. The predicted molar refractivity (Wildman–Crippen MR) is 75.5 cm³/mol. The summed E-state index contributed by atoms with van der Waals surface area (Å²) in [4.78, 5) is 2.37. The zero-order valence-corrected chi connectivity index (χ0v) is 12.4. The van der Waals surface area contributed by atoms with E-state index in [-0.39, 0.29) is 11.5 Å². The average Bonchev–Trinajstić information content (AvgIpc) is 2.72. The van der Waals surface area contributed by atoms with E-state index in [1.165, 1.54) is 12.8 Å². The van der Waals surface area contributed by atoms with Crippen LogP contribution in [0.5, 0.6) is 11.5 Å². The van der Waals surface area contributed by atoms with Gasteiger partial charge in [-0.3, -0.25) is 4.90 Å². The van der Waals surface area contributed by atoms with E-state index >= 15 is 0 Å². The Morgan fingerprint density at radius 3 is 2.52 bits per heavy atom. The van der Waals surface area contributed by atoms with E-state index in [1.807, 2.05) is 6.07 Å². The van der Waals surface area contributed by atoms with Crippen LogP contribution in [0.2, 0.25) is 0 Å². The number of nitrogens with zero attached hydrogens (tertiary/aromatic N) is 1. The summed E-state index contributed by atoms with van der Waals surface area (Å²) in [5.41, 5.74) is 0.984. The Morgan fingerprint density at radius 1 is 1.19 bits per heavy atom. The summed E-state index contributed by atoms with van der Waals surface area (Å²) in [5.74, 6) is 1.79. The third kappa shape index (κ3) is 3.28. The second kappa shape index (κ2) is 5.44. The molecule has 1 saturated heterocycles. The van der Waals surface area contributed by atoms with Crippen molar-refractivity contribution in [3.8, 4) is 11.5 Å². The molecule has 0 amide bonds. The van der Waals surface area contributed by atoms with E-state index in [0.29, 0.717) is 0 Å². The van der Waals surface area contributed by atoms with Crippen LogP contribution in [0.4, 0.5) is 8.78 Å². The van der Waals surface area contributed by atoms with E-state index in [9.17, 15) is 8.78 Å². The molecule has 0 aromatic heterocycles. The number of piperidine rings is 1. The molecule has 1 aromatic carbocycles. The third-order valence-electron chi connectivity index (χ3n) is 4.45. The largest absolute Gasteiger partial charge is 0.586 e. The van der Waals surface area contributed by atoms with Crippen molar-refractivity contribution in [1.29, 1.82) is 0 Å². The quantitative estimate of drug-likeness (QED) is 0.845. The molecule has 2 aliphatic rings. The monoisotopic (exact) mass is 297 g/mol. The first kappa shape index (κ1) is 14.6. The summed E-state index contributed by atoms with van der Waals surface area (Å²) in [6.07, 6.45) is -1.11.